The van der Waals surface area contributed by atoms with Crippen LogP contribution in [0.15, 0.2) is 42.5 Å². The Bertz CT molecular complexity index is 1120. The lowest BCUT2D eigenvalue weighted by Crippen LogP contribution is -2.12. The normalized spacial score (nSPS) is 12.3. The summed E-state index contributed by atoms with van der Waals surface area (Å²) >= 11 is 0.954. The van der Waals surface area contributed by atoms with Crippen LogP contribution in [0.25, 0.3) is 11.1 Å². The number of aromatic nitrogens is 2. The van der Waals surface area contributed by atoms with Crippen LogP contribution in [-0.2, 0) is 16.4 Å². The third-order valence-electron chi connectivity index (χ3n) is 3.97. The number of nitrogens with one attached hydrogen (secondary N) is 2. The van der Waals surface area contributed by atoms with Crippen LogP contribution in [0.5, 0.6) is 0 Å². The fourth-order valence-corrected chi connectivity index (χ4v) is 4.40. The van der Waals surface area contributed by atoms with Gasteiger partial charge in [-0.25, -0.2) is 8.42 Å². The zero-order chi connectivity index (χ0) is 18.3. The number of benzene rings is 2. The molecule has 0 spiro atoms. The Hall–Kier alpha value is -2.78. The minimum atomic E-state index is -3.43. The Labute approximate surface area is 154 Å². The second-order valence-electron chi connectivity index (χ2n) is 5.95. The quantitative estimate of drug-likeness (QED) is 0.562. The highest BCUT2D eigenvalue weighted by molar-refractivity contribution is 7.92. The highest BCUT2D eigenvalue weighted by atomic mass is 32.2. The standard InChI is InChI=1S/C17H14N4O3S2/c1-26(23,24)21-17-20-19-16(25-17)18-15(22)11-6-7-14-12(9-11)8-10-4-2-3-5-13(10)14/h2-7,9H,8H2,1H3,(H,20,21)(H,18,19,22). The Kier molecular flexibility index (Phi) is 3.97. The molecule has 1 heterocycles. The van der Waals surface area contributed by atoms with E-state index in [4.69, 9.17) is 0 Å². The molecule has 1 amide bonds. The Morgan fingerprint density at radius 2 is 1.77 bits per heavy atom. The third kappa shape index (κ3) is 3.31. The summed E-state index contributed by atoms with van der Waals surface area (Å²) < 4.78 is 24.6. The topological polar surface area (TPSA) is 101 Å². The SMILES string of the molecule is CS(=O)(=O)Nc1nnc(NC(=O)c2ccc3c(c2)Cc2ccccc2-3)s1. The number of rotatable bonds is 4. The van der Waals surface area contributed by atoms with Crippen molar-refractivity contribution in [1.29, 1.82) is 0 Å². The number of fused-ring (bicyclic) bond motifs is 3. The van der Waals surface area contributed by atoms with Crippen molar-refractivity contribution in [3.05, 3.63) is 59.2 Å². The molecule has 1 aromatic heterocycles. The van der Waals surface area contributed by atoms with Crippen molar-refractivity contribution in [2.45, 2.75) is 6.42 Å². The van der Waals surface area contributed by atoms with Gasteiger partial charge in [-0.3, -0.25) is 14.8 Å². The summed E-state index contributed by atoms with van der Waals surface area (Å²) in [6.07, 6.45) is 1.82. The zero-order valence-electron chi connectivity index (χ0n) is 13.7. The molecule has 0 radical (unpaired) electrons. The van der Waals surface area contributed by atoms with Gasteiger partial charge in [0.25, 0.3) is 5.91 Å². The van der Waals surface area contributed by atoms with E-state index in [0.717, 1.165) is 35.1 Å². The molecule has 0 unspecified atom stereocenters. The zero-order valence-corrected chi connectivity index (χ0v) is 15.3. The molecule has 3 aromatic rings. The van der Waals surface area contributed by atoms with Crippen molar-refractivity contribution in [2.75, 3.05) is 16.3 Å². The minimum absolute atomic E-state index is 0.104. The summed E-state index contributed by atoms with van der Waals surface area (Å²) in [6, 6.07) is 13.8. The van der Waals surface area contributed by atoms with Crippen LogP contribution in [0.2, 0.25) is 0 Å². The average Bonchev–Trinajstić information content (AvgIpc) is 3.16. The van der Waals surface area contributed by atoms with Gasteiger partial charge < -0.3 is 0 Å². The summed E-state index contributed by atoms with van der Waals surface area (Å²) in [6.45, 7) is 0. The van der Waals surface area contributed by atoms with E-state index in [0.29, 0.717) is 5.56 Å². The lowest BCUT2D eigenvalue weighted by Gasteiger charge is -2.05. The van der Waals surface area contributed by atoms with Crippen molar-refractivity contribution < 1.29 is 13.2 Å². The molecule has 26 heavy (non-hydrogen) atoms. The van der Waals surface area contributed by atoms with Gasteiger partial charge in [0.2, 0.25) is 20.3 Å². The van der Waals surface area contributed by atoms with Gasteiger partial charge in [-0.15, -0.1) is 10.2 Å². The number of nitrogens with zero attached hydrogens (tertiary/aromatic N) is 2. The van der Waals surface area contributed by atoms with Crippen LogP contribution >= 0.6 is 11.3 Å². The van der Waals surface area contributed by atoms with E-state index in [1.165, 1.54) is 11.1 Å². The maximum Gasteiger partial charge on any atom is 0.257 e. The van der Waals surface area contributed by atoms with Crippen LogP contribution in [0, 0.1) is 0 Å². The molecule has 0 aliphatic heterocycles. The van der Waals surface area contributed by atoms with Gasteiger partial charge in [0.1, 0.15) is 0 Å². The molecule has 1 aliphatic rings. The van der Waals surface area contributed by atoms with Gasteiger partial charge in [0, 0.05) is 5.56 Å². The first-order valence-corrected chi connectivity index (χ1v) is 10.4. The van der Waals surface area contributed by atoms with E-state index in [1.54, 1.807) is 6.07 Å². The van der Waals surface area contributed by atoms with E-state index in [9.17, 15) is 13.2 Å². The molecule has 0 saturated carbocycles. The molecule has 4 rings (SSSR count). The molecule has 2 aromatic carbocycles. The summed E-state index contributed by atoms with van der Waals surface area (Å²) in [5, 5.41) is 10.5. The summed E-state index contributed by atoms with van der Waals surface area (Å²) in [7, 11) is -3.43. The fraction of sp³-hybridized carbons (Fsp3) is 0.118. The fourth-order valence-electron chi connectivity index (χ4n) is 2.93. The highest BCUT2D eigenvalue weighted by Gasteiger charge is 2.20. The molecule has 0 saturated heterocycles. The van der Waals surface area contributed by atoms with Gasteiger partial charge in [0.05, 0.1) is 6.26 Å². The minimum Gasteiger partial charge on any atom is -0.296 e. The maximum atomic E-state index is 12.5. The molecule has 0 atom stereocenters. The molecule has 0 fully saturated rings. The van der Waals surface area contributed by atoms with Crippen molar-refractivity contribution in [2.24, 2.45) is 0 Å². The van der Waals surface area contributed by atoms with Crippen molar-refractivity contribution in [3.63, 3.8) is 0 Å². The lowest BCUT2D eigenvalue weighted by molar-refractivity contribution is 0.102. The van der Waals surface area contributed by atoms with E-state index in [1.807, 2.05) is 24.3 Å². The predicted molar refractivity (Wildman–Crippen MR) is 101 cm³/mol. The molecule has 132 valence electrons. The maximum absolute atomic E-state index is 12.5. The van der Waals surface area contributed by atoms with Crippen LogP contribution in [0.3, 0.4) is 0 Å². The molecule has 0 bridgehead atoms. The smallest absolute Gasteiger partial charge is 0.257 e. The number of amides is 1. The largest absolute Gasteiger partial charge is 0.296 e. The van der Waals surface area contributed by atoms with E-state index >= 15 is 0 Å². The van der Waals surface area contributed by atoms with Crippen LogP contribution in [0.4, 0.5) is 10.3 Å². The number of hydrogen-bond donors (Lipinski definition) is 2. The summed E-state index contributed by atoms with van der Waals surface area (Å²) in [5.74, 6) is -0.314. The molecular weight excluding hydrogens is 372 g/mol. The number of hydrogen-bond acceptors (Lipinski definition) is 6. The van der Waals surface area contributed by atoms with E-state index < -0.39 is 10.0 Å². The van der Waals surface area contributed by atoms with E-state index in [2.05, 4.69) is 32.4 Å². The van der Waals surface area contributed by atoms with Crippen LogP contribution in [0.1, 0.15) is 21.5 Å². The Balaban J connectivity index is 1.52. The van der Waals surface area contributed by atoms with E-state index in [-0.39, 0.29) is 16.2 Å². The Morgan fingerprint density at radius 3 is 2.58 bits per heavy atom. The average molecular weight is 386 g/mol. The second-order valence-corrected chi connectivity index (χ2v) is 8.67. The number of sulfonamides is 1. The predicted octanol–water partition coefficient (Wildman–Crippen LogP) is 2.73. The van der Waals surface area contributed by atoms with Gasteiger partial charge in [0.15, 0.2) is 0 Å². The number of carbonyl (C=O) groups excluding carboxylic acids is 1. The molecule has 1 aliphatic carbocycles. The lowest BCUT2D eigenvalue weighted by atomic mass is 10.0. The molecular formula is C17H14N4O3S2. The van der Waals surface area contributed by atoms with Crippen molar-refractivity contribution >= 4 is 37.5 Å². The summed E-state index contributed by atoms with van der Waals surface area (Å²) in [5.41, 5.74) is 5.23. The number of anilines is 2. The molecule has 7 nitrogen and oxygen atoms in total. The first kappa shape index (κ1) is 16.7. The van der Waals surface area contributed by atoms with Gasteiger partial charge in [-0.1, -0.05) is 41.7 Å². The first-order valence-electron chi connectivity index (χ1n) is 7.73. The van der Waals surface area contributed by atoms with Crippen molar-refractivity contribution in [1.82, 2.24) is 10.2 Å². The van der Waals surface area contributed by atoms with Gasteiger partial charge >= 0.3 is 0 Å². The highest BCUT2D eigenvalue weighted by Crippen LogP contribution is 2.36. The first-order chi connectivity index (χ1) is 12.4. The molecule has 9 heteroatoms. The summed E-state index contributed by atoms with van der Waals surface area (Å²) in [4.78, 5) is 12.5. The van der Waals surface area contributed by atoms with Crippen LogP contribution in [-0.4, -0.2) is 30.8 Å². The Morgan fingerprint density at radius 1 is 1.04 bits per heavy atom. The van der Waals surface area contributed by atoms with Gasteiger partial charge in [-0.2, -0.15) is 0 Å². The monoisotopic (exact) mass is 386 g/mol. The van der Waals surface area contributed by atoms with Crippen LogP contribution < -0.4 is 10.0 Å². The van der Waals surface area contributed by atoms with Gasteiger partial charge in [-0.05, 0) is 40.8 Å². The third-order valence-corrected chi connectivity index (χ3v) is 5.42. The second kappa shape index (κ2) is 6.19. The molecule has 2 N–H and O–H groups in total. The van der Waals surface area contributed by atoms with Crippen molar-refractivity contribution in [3.8, 4) is 11.1 Å². The number of carbonyl (C=O) groups is 1.